The number of nitrogens with one attached hydrogen (secondary N) is 2. The Bertz CT molecular complexity index is 571. The first-order valence-electron chi connectivity index (χ1n) is 5.80. The summed E-state index contributed by atoms with van der Waals surface area (Å²) in [6.45, 7) is 3.52. The number of sulfonamides is 1. The first kappa shape index (κ1) is 15.4. The highest BCUT2D eigenvalue weighted by molar-refractivity contribution is 7.89. The lowest BCUT2D eigenvalue weighted by molar-refractivity contribution is -0.387. The molecular formula is C11H17N3O4S. The minimum absolute atomic E-state index is 0.284. The van der Waals surface area contributed by atoms with Crippen LogP contribution >= 0.6 is 0 Å². The van der Waals surface area contributed by atoms with E-state index in [1.165, 1.54) is 18.2 Å². The lowest BCUT2D eigenvalue weighted by Gasteiger charge is -2.12. The van der Waals surface area contributed by atoms with Crippen LogP contribution in [-0.2, 0) is 10.0 Å². The number of rotatable bonds is 6. The maximum Gasteiger partial charge on any atom is 0.291 e. The number of nitrogens with zero attached hydrogens (tertiary/aromatic N) is 1. The van der Waals surface area contributed by atoms with Crippen molar-refractivity contribution in [2.24, 2.45) is 0 Å². The van der Waals surface area contributed by atoms with E-state index in [0.717, 1.165) is 0 Å². The lowest BCUT2D eigenvalue weighted by Crippen LogP contribution is -2.32. The number of nitro groups is 1. The van der Waals surface area contributed by atoms with E-state index in [1.807, 2.05) is 6.92 Å². The van der Waals surface area contributed by atoms with Crippen molar-refractivity contribution in [2.45, 2.75) is 31.2 Å². The van der Waals surface area contributed by atoms with Crippen LogP contribution in [0.3, 0.4) is 0 Å². The molecule has 0 heterocycles. The van der Waals surface area contributed by atoms with Gasteiger partial charge in [0.25, 0.3) is 5.69 Å². The first-order valence-corrected chi connectivity index (χ1v) is 7.28. The van der Waals surface area contributed by atoms with Crippen molar-refractivity contribution in [1.82, 2.24) is 4.72 Å². The average Bonchev–Trinajstić information content (AvgIpc) is 2.37. The predicted octanol–water partition coefficient (Wildman–Crippen LogP) is 1.71. The second-order valence-corrected chi connectivity index (χ2v) is 5.80. The van der Waals surface area contributed by atoms with Gasteiger partial charge in [-0.25, -0.2) is 13.1 Å². The molecule has 0 aromatic heterocycles. The van der Waals surface area contributed by atoms with Gasteiger partial charge in [-0.15, -0.1) is 0 Å². The van der Waals surface area contributed by atoms with Gasteiger partial charge >= 0.3 is 0 Å². The smallest absolute Gasteiger partial charge is 0.291 e. The molecule has 0 fully saturated rings. The van der Waals surface area contributed by atoms with E-state index in [4.69, 9.17) is 0 Å². The van der Waals surface area contributed by atoms with Gasteiger partial charge in [0.1, 0.15) is 0 Å². The molecule has 0 radical (unpaired) electrons. The van der Waals surface area contributed by atoms with Gasteiger partial charge in [0.05, 0.1) is 4.92 Å². The number of anilines is 1. The lowest BCUT2D eigenvalue weighted by atomic mass is 10.3. The second kappa shape index (κ2) is 5.98. The third-order valence-corrected chi connectivity index (χ3v) is 4.34. The van der Waals surface area contributed by atoms with Crippen LogP contribution in [0.15, 0.2) is 23.1 Å². The van der Waals surface area contributed by atoms with Crippen LogP contribution in [0.5, 0.6) is 0 Å². The Morgan fingerprint density at radius 3 is 2.53 bits per heavy atom. The quantitative estimate of drug-likeness (QED) is 0.612. The van der Waals surface area contributed by atoms with E-state index in [9.17, 15) is 18.5 Å². The third-order valence-electron chi connectivity index (χ3n) is 2.70. The van der Waals surface area contributed by atoms with Crippen molar-refractivity contribution in [3.8, 4) is 0 Å². The molecule has 0 aliphatic carbocycles. The van der Waals surface area contributed by atoms with Gasteiger partial charge in [-0.2, -0.15) is 0 Å². The molecule has 0 aliphatic rings. The van der Waals surface area contributed by atoms with E-state index >= 15 is 0 Å². The van der Waals surface area contributed by atoms with Gasteiger partial charge in [0, 0.05) is 24.8 Å². The minimum Gasteiger partial charge on any atom is -0.388 e. The standard InChI is InChI=1S/C11H17N3O4S/c1-4-8(2)13-19(17,18)11-6-5-9(12-3)7-10(11)14(15)16/h5-8,12-13H,4H2,1-3H3. The van der Waals surface area contributed by atoms with Gasteiger partial charge < -0.3 is 5.32 Å². The minimum atomic E-state index is -3.89. The van der Waals surface area contributed by atoms with Crippen LogP contribution in [0.4, 0.5) is 11.4 Å². The Morgan fingerprint density at radius 1 is 1.42 bits per heavy atom. The molecule has 1 rings (SSSR count). The maximum absolute atomic E-state index is 12.1. The van der Waals surface area contributed by atoms with E-state index in [0.29, 0.717) is 12.1 Å². The molecule has 1 aromatic rings. The fourth-order valence-electron chi connectivity index (χ4n) is 1.45. The molecule has 2 N–H and O–H groups in total. The summed E-state index contributed by atoms with van der Waals surface area (Å²) in [6.07, 6.45) is 0.599. The van der Waals surface area contributed by atoms with Gasteiger partial charge in [-0.3, -0.25) is 10.1 Å². The summed E-state index contributed by atoms with van der Waals surface area (Å²) in [5, 5.41) is 13.7. The van der Waals surface area contributed by atoms with Crippen LogP contribution in [0.25, 0.3) is 0 Å². The zero-order valence-corrected chi connectivity index (χ0v) is 11.8. The van der Waals surface area contributed by atoms with Gasteiger partial charge in [0.2, 0.25) is 10.0 Å². The van der Waals surface area contributed by atoms with Crippen molar-refractivity contribution in [1.29, 1.82) is 0 Å². The highest BCUT2D eigenvalue weighted by Gasteiger charge is 2.26. The molecule has 0 spiro atoms. The SMILES string of the molecule is CCC(C)NS(=O)(=O)c1ccc(NC)cc1[N+](=O)[O-]. The topological polar surface area (TPSA) is 101 Å². The fraction of sp³-hybridized carbons (Fsp3) is 0.455. The van der Waals surface area contributed by atoms with Crippen molar-refractivity contribution in [3.05, 3.63) is 28.3 Å². The summed E-state index contributed by atoms with van der Waals surface area (Å²) in [7, 11) is -2.29. The fourth-order valence-corrected chi connectivity index (χ4v) is 2.93. The number of hydrogen-bond donors (Lipinski definition) is 2. The molecule has 0 saturated heterocycles. The zero-order chi connectivity index (χ0) is 14.6. The van der Waals surface area contributed by atoms with Gasteiger partial charge in [-0.1, -0.05) is 6.92 Å². The highest BCUT2D eigenvalue weighted by Crippen LogP contribution is 2.27. The first-order chi connectivity index (χ1) is 8.81. The molecule has 1 atom stereocenters. The van der Waals surface area contributed by atoms with Crippen LogP contribution in [0.1, 0.15) is 20.3 Å². The normalized spacial score (nSPS) is 13.0. The molecule has 7 nitrogen and oxygen atoms in total. The van der Waals surface area contributed by atoms with E-state index in [-0.39, 0.29) is 10.9 Å². The van der Waals surface area contributed by atoms with Crippen molar-refractivity contribution < 1.29 is 13.3 Å². The summed E-state index contributed by atoms with van der Waals surface area (Å²) in [5.74, 6) is 0. The Balaban J connectivity index is 3.30. The third kappa shape index (κ3) is 3.65. The predicted molar refractivity (Wildman–Crippen MR) is 72.7 cm³/mol. The van der Waals surface area contributed by atoms with Crippen LogP contribution < -0.4 is 10.0 Å². The van der Waals surface area contributed by atoms with Crippen molar-refractivity contribution in [3.63, 3.8) is 0 Å². The number of nitro benzene ring substituents is 1. The summed E-state index contributed by atoms with van der Waals surface area (Å²) >= 11 is 0. The van der Waals surface area contributed by atoms with Crippen LogP contribution in [-0.4, -0.2) is 26.4 Å². The molecule has 1 unspecified atom stereocenters. The maximum atomic E-state index is 12.1. The Kier molecular flexibility index (Phi) is 4.84. The second-order valence-electron chi connectivity index (χ2n) is 4.12. The number of hydrogen-bond acceptors (Lipinski definition) is 5. The average molecular weight is 287 g/mol. The molecule has 8 heteroatoms. The van der Waals surface area contributed by atoms with E-state index in [2.05, 4.69) is 10.0 Å². The summed E-state index contributed by atoms with van der Waals surface area (Å²) < 4.78 is 26.6. The van der Waals surface area contributed by atoms with E-state index in [1.54, 1.807) is 14.0 Å². The number of benzene rings is 1. The monoisotopic (exact) mass is 287 g/mol. The molecule has 0 amide bonds. The largest absolute Gasteiger partial charge is 0.388 e. The molecule has 19 heavy (non-hydrogen) atoms. The summed E-state index contributed by atoms with van der Waals surface area (Å²) in [5.41, 5.74) is 0.0387. The van der Waals surface area contributed by atoms with E-state index < -0.39 is 20.6 Å². The molecule has 0 saturated carbocycles. The Hall–Kier alpha value is -1.67. The molecule has 106 valence electrons. The van der Waals surface area contributed by atoms with Crippen LogP contribution in [0, 0.1) is 10.1 Å². The Labute approximate surface area is 112 Å². The molecule has 0 aliphatic heterocycles. The van der Waals surface area contributed by atoms with Gasteiger partial charge in [-0.05, 0) is 25.5 Å². The van der Waals surface area contributed by atoms with Crippen molar-refractivity contribution in [2.75, 3.05) is 12.4 Å². The van der Waals surface area contributed by atoms with Crippen molar-refractivity contribution >= 4 is 21.4 Å². The Morgan fingerprint density at radius 2 is 2.05 bits per heavy atom. The highest BCUT2D eigenvalue weighted by atomic mass is 32.2. The molecular weight excluding hydrogens is 270 g/mol. The molecule has 0 bridgehead atoms. The zero-order valence-electron chi connectivity index (χ0n) is 11.0. The van der Waals surface area contributed by atoms with Gasteiger partial charge in [0.15, 0.2) is 4.90 Å². The summed E-state index contributed by atoms with van der Waals surface area (Å²) in [6, 6.07) is 3.63. The van der Waals surface area contributed by atoms with Crippen LogP contribution in [0.2, 0.25) is 0 Å². The summed E-state index contributed by atoms with van der Waals surface area (Å²) in [4.78, 5) is 9.95. The molecule has 1 aromatic carbocycles.